The largest absolute Gasteiger partial charge is 0.485 e. The molecule has 1 rings (SSSR count). The van der Waals surface area contributed by atoms with Gasteiger partial charge in [-0.2, -0.15) is 0 Å². The topological polar surface area (TPSA) is 139 Å². The molecule has 0 bridgehead atoms. The van der Waals surface area contributed by atoms with Crippen molar-refractivity contribution in [3.63, 3.8) is 0 Å². The number of nitro groups is 3. The molecule has 10 nitrogen and oxygen atoms in total. The Morgan fingerprint density at radius 3 is 1.37 bits per heavy atom. The first-order chi connectivity index (χ1) is 8.73. The Kier molecular flexibility index (Phi) is 4.36. The van der Waals surface area contributed by atoms with Crippen molar-refractivity contribution >= 4 is 48.9 Å². The van der Waals surface area contributed by atoms with Crippen molar-refractivity contribution in [2.24, 2.45) is 0 Å². The third-order valence-corrected chi connectivity index (χ3v) is 3.52. The maximum atomic E-state index is 10.9. The number of benzene rings is 1. The third-order valence-electron chi connectivity index (χ3n) is 2.01. The molecule has 102 valence electrons. The van der Waals surface area contributed by atoms with E-state index in [0.29, 0.717) is 0 Å². The average Bonchev–Trinajstić information content (AvgIpc) is 2.25. The third kappa shape index (κ3) is 2.49. The molecule has 0 unspecified atom stereocenters. The first-order valence-corrected chi connectivity index (χ1v) is 5.84. The molecule has 12 heteroatoms. The van der Waals surface area contributed by atoms with Gasteiger partial charge in [-0.25, -0.2) is 0 Å². The van der Waals surface area contributed by atoms with Crippen LogP contribution in [0.25, 0.3) is 0 Å². The summed E-state index contributed by atoms with van der Waals surface area (Å²) in [5, 5.41) is 32.6. The lowest BCUT2D eigenvalue weighted by atomic mass is 10.2. The van der Waals surface area contributed by atoms with E-state index in [1.54, 1.807) is 0 Å². The van der Waals surface area contributed by atoms with E-state index in [0.717, 1.165) is 7.11 Å². The fourth-order valence-electron chi connectivity index (χ4n) is 1.31. The molecule has 0 heterocycles. The van der Waals surface area contributed by atoms with E-state index in [4.69, 9.17) is 0 Å². The van der Waals surface area contributed by atoms with E-state index in [-0.39, 0.29) is 0 Å². The van der Waals surface area contributed by atoms with Crippen LogP contribution in [-0.4, -0.2) is 21.9 Å². The second-order valence-corrected chi connectivity index (χ2v) is 4.56. The monoisotopic (exact) mass is 399 g/mol. The van der Waals surface area contributed by atoms with Gasteiger partial charge in [0.25, 0.3) is 5.75 Å². The van der Waals surface area contributed by atoms with Crippen LogP contribution in [0.4, 0.5) is 17.1 Å². The summed E-state index contributed by atoms with van der Waals surface area (Å²) in [5.74, 6) is -0.681. The Hall–Kier alpha value is -1.82. The van der Waals surface area contributed by atoms with Crippen LogP contribution in [0.5, 0.6) is 5.75 Å². The summed E-state index contributed by atoms with van der Waals surface area (Å²) in [4.78, 5) is 29.7. The quantitative estimate of drug-likeness (QED) is 0.558. The van der Waals surface area contributed by atoms with Crippen LogP contribution in [0.15, 0.2) is 8.95 Å². The highest BCUT2D eigenvalue weighted by atomic mass is 79.9. The fourth-order valence-corrected chi connectivity index (χ4v) is 2.91. The summed E-state index contributed by atoms with van der Waals surface area (Å²) in [7, 11) is 0.986. The van der Waals surface area contributed by atoms with Crippen molar-refractivity contribution < 1.29 is 19.5 Å². The summed E-state index contributed by atoms with van der Waals surface area (Å²) in [6, 6.07) is 0. The minimum absolute atomic E-state index is 0.517. The van der Waals surface area contributed by atoms with Gasteiger partial charge < -0.3 is 4.74 Å². The van der Waals surface area contributed by atoms with Gasteiger partial charge in [-0.05, 0) is 31.9 Å². The summed E-state index contributed by atoms with van der Waals surface area (Å²) in [5.41, 5.74) is -2.59. The smallest absolute Gasteiger partial charge is 0.339 e. The van der Waals surface area contributed by atoms with Crippen molar-refractivity contribution in [3.8, 4) is 5.75 Å². The van der Waals surface area contributed by atoms with Crippen LogP contribution in [-0.2, 0) is 0 Å². The summed E-state index contributed by atoms with van der Waals surface area (Å²) in [6.07, 6.45) is 0. The van der Waals surface area contributed by atoms with Gasteiger partial charge in [0.05, 0.1) is 21.9 Å². The first-order valence-electron chi connectivity index (χ1n) is 4.26. The van der Waals surface area contributed by atoms with Gasteiger partial charge in [-0.1, -0.05) is 0 Å². The number of hydrogen-bond donors (Lipinski definition) is 0. The van der Waals surface area contributed by atoms with E-state index in [9.17, 15) is 30.3 Å². The van der Waals surface area contributed by atoms with E-state index < -0.39 is 46.5 Å². The number of nitrogens with zero attached hydrogens (tertiary/aromatic N) is 3. The molecule has 0 fully saturated rings. The molecule has 0 spiro atoms. The Balaban J connectivity index is 3.99. The van der Waals surface area contributed by atoms with Crippen LogP contribution < -0.4 is 4.74 Å². The number of methoxy groups -OCH3 is 1. The van der Waals surface area contributed by atoms with Gasteiger partial charge in [0.15, 0.2) is 8.95 Å². The second kappa shape index (κ2) is 5.44. The molecule has 0 atom stereocenters. The highest BCUT2D eigenvalue weighted by Gasteiger charge is 2.41. The van der Waals surface area contributed by atoms with E-state index >= 15 is 0 Å². The normalized spacial score (nSPS) is 10.1. The lowest BCUT2D eigenvalue weighted by molar-refractivity contribution is -0.406. The summed E-state index contributed by atoms with van der Waals surface area (Å²) in [6.45, 7) is 0. The zero-order chi connectivity index (χ0) is 14.9. The zero-order valence-corrected chi connectivity index (χ0v) is 12.1. The number of rotatable bonds is 4. The van der Waals surface area contributed by atoms with Crippen molar-refractivity contribution in [1.82, 2.24) is 0 Å². The molecule has 0 aliphatic heterocycles. The number of ether oxygens (including phenoxy) is 1. The Morgan fingerprint density at radius 1 is 0.842 bits per heavy atom. The molecular formula is C7H3Br2N3O7. The standard InChI is InChI=1S/C7H3Br2N3O7/c1-19-7-5(11(15)16)2(8)4(10(13)14)3(9)6(7)12(17)18/h1H3. The summed E-state index contributed by atoms with van der Waals surface area (Å²) >= 11 is 5.38. The van der Waals surface area contributed by atoms with E-state index in [2.05, 4.69) is 36.6 Å². The van der Waals surface area contributed by atoms with Crippen LogP contribution >= 0.6 is 31.9 Å². The predicted molar refractivity (Wildman–Crippen MR) is 68.4 cm³/mol. The Bertz CT molecular complexity index is 562. The number of nitro benzene ring substituents is 3. The van der Waals surface area contributed by atoms with E-state index in [1.807, 2.05) is 0 Å². The van der Waals surface area contributed by atoms with Crippen LogP contribution in [0.3, 0.4) is 0 Å². The predicted octanol–water partition coefficient (Wildman–Crippen LogP) is 2.94. The van der Waals surface area contributed by atoms with Crippen molar-refractivity contribution in [2.75, 3.05) is 7.11 Å². The Labute approximate surface area is 121 Å². The number of hydrogen-bond acceptors (Lipinski definition) is 7. The van der Waals surface area contributed by atoms with Crippen LogP contribution in [0, 0.1) is 30.3 Å². The van der Waals surface area contributed by atoms with Crippen LogP contribution in [0.1, 0.15) is 0 Å². The maximum absolute atomic E-state index is 10.9. The average molecular weight is 401 g/mol. The first kappa shape index (κ1) is 15.2. The van der Waals surface area contributed by atoms with Crippen LogP contribution in [0.2, 0.25) is 0 Å². The fraction of sp³-hybridized carbons (Fsp3) is 0.143. The van der Waals surface area contributed by atoms with Crippen molar-refractivity contribution in [3.05, 3.63) is 39.3 Å². The molecule has 0 amide bonds. The minimum Gasteiger partial charge on any atom is -0.485 e. The van der Waals surface area contributed by atoms with Gasteiger partial charge in [0.2, 0.25) is 0 Å². The second-order valence-electron chi connectivity index (χ2n) is 2.98. The molecule has 0 N–H and O–H groups in total. The van der Waals surface area contributed by atoms with Gasteiger partial charge in [0.1, 0.15) is 0 Å². The van der Waals surface area contributed by atoms with Crippen molar-refractivity contribution in [2.45, 2.75) is 0 Å². The molecule has 1 aromatic rings. The molecule has 0 aliphatic carbocycles. The lowest BCUT2D eigenvalue weighted by Crippen LogP contribution is -2.04. The van der Waals surface area contributed by atoms with E-state index in [1.165, 1.54) is 0 Å². The maximum Gasteiger partial charge on any atom is 0.339 e. The molecule has 0 saturated heterocycles. The van der Waals surface area contributed by atoms with Gasteiger partial charge in [-0.3, -0.25) is 30.3 Å². The zero-order valence-electron chi connectivity index (χ0n) is 8.96. The minimum atomic E-state index is -1.00. The SMILES string of the molecule is COc1c([N+](=O)[O-])c(Br)c([N+](=O)[O-])c(Br)c1[N+](=O)[O-]. The van der Waals surface area contributed by atoms with Gasteiger partial charge >= 0.3 is 17.1 Å². The summed E-state index contributed by atoms with van der Waals surface area (Å²) < 4.78 is 3.60. The molecular weight excluding hydrogens is 398 g/mol. The van der Waals surface area contributed by atoms with Gasteiger partial charge in [0, 0.05) is 0 Å². The molecule has 0 aromatic heterocycles. The molecule has 0 aliphatic rings. The highest BCUT2D eigenvalue weighted by molar-refractivity contribution is 9.11. The van der Waals surface area contributed by atoms with Gasteiger partial charge in [-0.15, -0.1) is 0 Å². The highest BCUT2D eigenvalue weighted by Crippen LogP contribution is 2.52. The molecule has 19 heavy (non-hydrogen) atoms. The molecule has 0 radical (unpaired) electrons. The number of halogens is 2. The molecule has 1 aromatic carbocycles. The van der Waals surface area contributed by atoms with Crippen molar-refractivity contribution in [1.29, 1.82) is 0 Å². The lowest BCUT2D eigenvalue weighted by Gasteiger charge is -2.07. The molecule has 0 saturated carbocycles. The Morgan fingerprint density at radius 2 is 1.16 bits per heavy atom.